The van der Waals surface area contributed by atoms with E-state index in [4.69, 9.17) is 0 Å². The van der Waals surface area contributed by atoms with Crippen LogP contribution in [0.2, 0.25) is 0 Å². The molecule has 4 heteroatoms. The van der Waals surface area contributed by atoms with Gasteiger partial charge in [0.2, 0.25) is 0 Å². The summed E-state index contributed by atoms with van der Waals surface area (Å²) in [5.41, 5.74) is 0.906. The predicted molar refractivity (Wildman–Crippen MR) is 85.0 cm³/mol. The van der Waals surface area contributed by atoms with Crippen molar-refractivity contribution >= 4 is 21.6 Å². The molecule has 0 heterocycles. The Labute approximate surface area is 126 Å². The maximum absolute atomic E-state index is 13.8. The monoisotopic (exact) mass is 310 g/mol. The molecule has 0 aliphatic rings. The van der Waals surface area contributed by atoms with Gasteiger partial charge in [-0.1, -0.05) is 19.1 Å². The van der Waals surface area contributed by atoms with Crippen LogP contribution in [-0.2, 0) is 10.8 Å². The highest BCUT2D eigenvalue weighted by molar-refractivity contribution is 7.86. The summed E-state index contributed by atoms with van der Waals surface area (Å²) >= 11 is 0. The summed E-state index contributed by atoms with van der Waals surface area (Å²) < 4.78 is 39.1. The van der Waals surface area contributed by atoms with Gasteiger partial charge in [0, 0.05) is 26.7 Å². The Morgan fingerprint density at radius 2 is 1.76 bits per heavy atom. The first-order valence-electron chi connectivity index (χ1n) is 6.96. The Hall–Kier alpha value is -1.29. The molecule has 114 valence electrons. The Bertz CT molecular complexity index is 689. The summed E-state index contributed by atoms with van der Waals surface area (Å²) in [7, 11) is -0.988. The van der Waals surface area contributed by atoms with Crippen LogP contribution < -0.4 is 0 Å². The van der Waals surface area contributed by atoms with E-state index in [-0.39, 0.29) is 16.1 Å². The van der Waals surface area contributed by atoms with Gasteiger partial charge in [0.15, 0.2) is 0 Å². The van der Waals surface area contributed by atoms with Crippen LogP contribution in [0, 0.1) is 11.6 Å². The van der Waals surface area contributed by atoms with Gasteiger partial charge in [0.1, 0.15) is 11.6 Å². The second kappa shape index (κ2) is 5.84. The van der Waals surface area contributed by atoms with Crippen molar-refractivity contribution in [1.82, 2.24) is 0 Å². The minimum Gasteiger partial charge on any atom is -0.259 e. The first kappa shape index (κ1) is 16.1. The lowest BCUT2D eigenvalue weighted by molar-refractivity contribution is 0.621. The second-order valence-corrected chi connectivity index (χ2v) is 8.60. The molecular weight excluding hydrogens is 290 g/mol. The largest absolute Gasteiger partial charge is 0.259 e. The van der Waals surface area contributed by atoms with Gasteiger partial charge in [-0.3, -0.25) is 4.21 Å². The molecule has 2 atom stereocenters. The zero-order chi connectivity index (χ0) is 15.8. The number of halogens is 2. The summed E-state index contributed by atoms with van der Waals surface area (Å²) in [6.45, 7) is 7.79. The van der Waals surface area contributed by atoms with Crippen molar-refractivity contribution in [2.75, 3.05) is 5.75 Å². The average Bonchev–Trinajstić information content (AvgIpc) is 2.38. The number of benzene rings is 2. The molecule has 0 N–H and O–H groups in total. The molecule has 0 fully saturated rings. The van der Waals surface area contributed by atoms with E-state index >= 15 is 0 Å². The van der Waals surface area contributed by atoms with Gasteiger partial charge >= 0.3 is 0 Å². The van der Waals surface area contributed by atoms with Gasteiger partial charge < -0.3 is 0 Å². The zero-order valence-electron chi connectivity index (χ0n) is 12.7. The van der Waals surface area contributed by atoms with Crippen LogP contribution in [-0.4, -0.2) is 14.7 Å². The summed E-state index contributed by atoms with van der Waals surface area (Å²) in [6.07, 6.45) is 0. The zero-order valence-corrected chi connectivity index (χ0v) is 13.6. The number of rotatable bonds is 3. The lowest BCUT2D eigenvalue weighted by Gasteiger charge is -2.22. The van der Waals surface area contributed by atoms with Gasteiger partial charge in [-0.25, -0.2) is 8.78 Å². The molecule has 0 aliphatic heterocycles. The highest BCUT2D eigenvalue weighted by Gasteiger charge is 2.23. The standard InChI is InChI=1S/C17H20F2OS/c1-11(10-21(20)17(2,3)4)13-7-8-16(19)15-9-12(18)5-6-14(13)15/h5-9,11H,10H2,1-4H3/t11-,21+/m0/s1. The van der Waals surface area contributed by atoms with Crippen molar-refractivity contribution in [2.45, 2.75) is 38.4 Å². The van der Waals surface area contributed by atoms with Crippen LogP contribution in [0.15, 0.2) is 30.3 Å². The molecular formula is C17H20F2OS. The molecule has 0 bridgehead atoms. The highest BCUT2D eigenvalue weighted by Crippen LogP contribution is 2.30. The maximum atomic E-state index is 13.8. The smallest absolute Gasteiger partial charge is 0.131 e. The summed E-state index contributed by atoms with van der Waals surface area (Å²) in [6, 6.07) is 7.20. The Morgan fingerprint density at radius 1 is 1.10 bits per heavy atom. The topological polar surface area (TPSA) is 17.1 Å². The number of hydrogen-bond acceptors (Lipinski definition) is 1. The van der Waals surface area contributed by atoms with Crippen LogP contribution in [0.1, 0.15) is 39.2 Å². The van der Waals surface area contributed by atoms with Gasteiger partial charge in [-0.05, 0) is 55.8 Å². The minimum atomic E-state index is -0.988. The third-order valence-corrected chi connectivity index (χ3v) is 5.74. The quantitative estimate of drug-likeness (QED) is 0.798. The molecule has 0 radical (unpaired) electrons. The van der Waals surface area contributed by atoms with Crippen LogP contribution in [0.5, 0.6) is 0 Å². The van der Waals surface area contributed by atoms with Crippen LogP contribution >= 0.6 is 0 Å². The molecule has 0 aliphatic carbocycles. The van der Waals surface area contributed by atoms with Gasteiger partial charge in [0.05, 0.1) is 0 Å². The SMILES string of the molecule is C[C@@H](C[S@@](=O)C(C)(C)C)c1ccc(F)c2cc(F)ccc12. The molecule has 2 aromatic carbocycles. The Balaban J connectivity index is 2.43. The van der Waals surface area contributed by atoms with Crippen molar-refractivity contribution in [3.63, 3.8) is 0 Å². The number of hydrogen-bond donors (Lipinski definition) is 0. The fourth-order valence-corrected chi connectivity index (χ4v) is 3.44. The van der Waals surface area contributed by atoms with E-state index < -0.39 is 22.4 Å². The van der Waals surface area contributed by atoms with Crippen molar-refractivity contribution in [2.24, 2.45) is 0 Å². The third-order valence-electron chi connectivity index (χ3n) is 3.57. The highest BCUT2D eigenvalue weighted by atomic mass is 32.2. The van der Waals surface area contributed by atoms with Gasteiger partial charge in [-0.2, -0.15) is 0 Å². The van der Waals surface area contributed by atoms with E-state index in [9.17, 15) is 13.0 Å². The van der Waals surface area contributed by atoms with Crippen molar-refractivity contribution in [3.05, 3.63) is 47.5 Å². The summed E-state index contributed by atoms with van der Waals surface area (Å²) in [5.74, 6) is -0.373. The van der Waals surface area contributed by atoms with Crippen LogP contribution in [0.4, 0.5) is 8.78 Å². The average molecular weight is 310 g/mol. The van der Waals surface area contributed by atoms with E-state index in [2.05, 4.69) is 0 Å². The molecule has 0 unspecified atom stereocenters. The second-order valence-electron chi connectivity index (χ2n) is 6.35. The van der Waals surface area contributed by atoms with E-state index in [1.54, 1.807) is 12.1 Å². The summed E-state index contributed by atoms with van der Waals surface area (Å²) in [4.78, 5) is 0. The molecule has 0 amide bonds. The molecule has 21 heavy (non-hydrogen) atoms. The first-order valence-corrected chi connectivity index (χ1v) is 8.28. The molecule has 2 rings (SSSR count). The molecule has 2 aromatic rings. The van der Waals surface area contributed by atoms with E-state index in [0.29, 0.717) is 11.1 Å². The van der Waals surface area contributed by atoms with Crippen LogP contribution in [0.3, 0.4) is 0 Å². The van der Waals surface area contributed by atoms with Gasteiger partial charge in [-0.15, -0.1) is 0 Å². The van der Waals surface area contributed by atoms with Crippen molar-refractivity contribution < 1.29 is 13.0 Å². The Kier molecular flexibility index (Phi) is 4.47. The van der Waals surface area contributed by atoms with E-state index in [1.165, 1.54) is 18.2 Å². The first-order chi connectivity index (χ1) is 9.70. The van der Waals surface area contributed by atoms with Gasteiger partial charge in [0.25, 0.3) is 0 Å². The molecule has 0 aromatic heterocycles. The Morgan fingerprint density at radius 3 is 2.38 bits per heavy atom. The molecule has 0 spiro atoms. The lowest BCUT2D eigenvalue weighted by Crippen LogP contribution is -2.26. The summed E-state index contributed by atoms with van der Waals surface area (Å²) in [5, 5.41) is 0.968. The molecule has 0 saturated carbocycles. The maximum Gasteiger partial charge on any atom is 0.131 e. The fraction of sp³-hybridized carbons (Fsp3) is 0.412. The van der Waals surface area contributed by atoms with Crippen molar-refractivity contribution in [1.29, 1.82) is 0 Å². The molecule has 1 nitrogen and oxygen atoms in total. The molecule has 0 saturated heterocycles. The number of fused-ring (bicyclic) bond motifs is 1. The normalized spacial score (nSPS) is 15.1. The van der Waals surface area contributed by atoms with Crippen molar-refractivity contribution in [3.8, 4) is 0 Å². The fourth-order valence-electron chi connectivity index (χ4n) is 2.30. The minimum absolute atomic E-state index is 0.0126. The van der Waals surface area contributed by atoms with E-state index in [1.807, 2.05) is 27.7 Å². The third kappa shape index (κ3) is 3.49. The van der Waals surface area contributed by atoms with E-state index in [0.717, 1.165) is 5.56 Å². The predicted octanol–water partition coefficient (Wildman–Crippen LogP) is 4.77. The van der Waals surface area contributed by atoms with Crippen LogP contribution in [0.25, 0.3) is 10.8 Å². The lowest BCUT2D eigenvalue weighted by atomic mass is 9.95.